The molecule has 0 heterocycles. The molecule has 3 heteroatoms. The van der Waals surface area contributed by atoms with Gasteiger partial charge in [0.15, 0.2) is 0 Å². The Morgan fingerprint density at radius 2 is 2.31 bits per heavy atom. The average molecular weight is 218 g/mol. The van der Waals surface area contributed by atoms with Crippen LogP contribution in [-0.4, -0.2) is 6.61 Å². The second-order valence-electron chi connectivity index (χ2n) is 4.47. The maximum atomic E-state index is 8.37. The molecule has 0 fully saturated rings. The van der Waals surface area contributed by atoms with Gasteiger partial charge in [-0.25, -0.2) is 0 Å². The van der Waals surface area contributed by atoms with Gasteiger partial charge in [0, 0.05) is 12.1 Å². The van der Waals surface area contributed by atoms with E-state index in [1.165, 1.54) is 18.5 Å². The second-order valence-corrected chi connectivity index (χ2v) is 4.47. The van der Waals surface area contributed by atoms with Crippen molar-refractivity contribution in [3.05, 3.63) is 23.9 Å². The van der Waals surface area contributed by atoms with Crippen molar-refractivity contribution in [1.82, 2.24) is 5.48 Å². The van der Waals surface area contributed by atoms with Crippen LogP contribution in [0.25, 0.3) is 0 Å². The number of allylic oxidation sites excluding steroid dienone is 4. The molecule has 0 aliphatic heterocycles. The maximum Gasteiger partial charge on any atom is 0.0755 e. The zero-order valence-corrected chi connectivity index (χ0v) is 9.48. The monoisotopic (exact) mass is 218 g/mol. The van der Waals surface area contributed by atoms with Gasteiger partial charge in [-0.15, -0.1) is 0 Å². The molecule has 2 aliphatic carbocycles. The van der Waals surface area contributed by atoms with E-state index >= 15 is 0 Å². The van der Waals surface area contributed by atoms with E-state index in [0.29, 0.717) is 18.9 Å². The predicted molar refractivity (Wildman–Crippen MR) is 62.0 cm³/mol. The summed E-state index contributed by atoms with van der Waals surface area (Å²) in [6, 6.07) is 2.11. The first kappa shape index (κ1) is 11.2. The van der Waals surface area contributed by atoms with Crippen molar-refractivity contribution in [1.29, 1.82) is 5.26 Å². The van der Waals surface area contributed by atoms with Crippen LogP contribution in [0, 0.1) is 23.2 Å². The smallest absolute Gasteiger partial charge is 0.0755 e. The zero-order chi connectivity index (χ0) is 11.2. The number of hydrogen-bond donors (Lipinski definition) is 1. The van der Waals surface area contributed by atoms with Crippen molar-refractivity contribution < 1.29 is 4.84 Å². The third kappa shape index (κ3) is 2.86. The van der Waals surface area contributed by atoms with Crippen LogP contribution in [0.1, 0.15) is 32.1 Å². The minimum Gasteiger partial charge on any atom is -0.276 e. The predicted octanol–water partition coefficient (Wildman–Crippen LogP) is 2.68. The van der Waals surface area contributed by atoms with Crippen LogP contribution in [0.4, 0.5) is 0 Å². The molecule has 0 bridgehead atoms. The molecule has 0 aromatic heterocycles. The fourth-order valence-corrected chi connectivity index (χ4v) is 2.38. The number of nitrogens with zero attached hydrogens (tertiary/aromatic N) is 1. The van der Waals surface area contributed by atoms with Crippen LogP contribution >= 0.6 is 0 Å². The van der Waals surface area contributed by atoms with Crippen molar-refractivity contribution in [2.24, 2.45) is 11.8 Å². The van der Waals surface area contributed by atoms with E-state index in [-0.39, 0.29) is 0 Å². The zero-order valence-electron chi connectivity index (χ0n) is 9.48. The highest BCUT2D eigenvalue weighted by atomic mass is 16.6. The maximum absolute atomic E-state index is 8.37. The molecule has 0 radical (unpaired) electrons. The Morgan fingerprint density at radius 1 is 1.44 bits per heavy atom. The number of hydrogen-bond acceptors (Lipinski definition) is 3. The van der Waals surface area contributed by atoms with E-state index in [1.807, 2.05) is 0 Å². The lowest BCUT2D eigenvalue weighted by Gasteiger charge is -2.19. The normalized spacial score (nSPS) is 27.1. The highest BCUT2D eigenvalue weighted by molar-refractivity contribution is 5.15. The topological polar surface area (TPSA) is 45.0 Å². The first-order valence-electron chi connectivity index (χ1n) is 6.00. The largest absolute Gasteiger partial charge is 0.276 e. The number of nitriles is 1. The summed E-state index contributed by atoms with van der Waals surface area (Å²) in [4.78, 5) is 5.34. The van der Waals surface area contributed by atoms with Gasteiger partial charge < -0.3 is 0 Å². The van der Waals surface area contributed by atoms with E-state index in [0.717, 1.165) is 18.8 Å². The molecule has 0 aromatic carbocycles. The Bertz CT molecular complexity index is 327. The lowest BCUT2D eigenvalue weighted by molar-refractivity contribution is 0.0592. The quantitative estimate of drug-likeness (QED) is 0.438. The first-order chi connectivity index (χ1) is 7.90. The van der Waals surface area contributed by atoms with Gasteiger partial charge in [0.2, 0.25) is 0 Å². The van der Waals surface area contributed by atoms with Crippen LogP contribution in [0.15, 0.2) is 23.9 Å². The van der Waals surface area contributed by atoms with E-state index in [1.54, 1.807) is 0 Å². The fourth-order valence-electron chi connectivity index (χ4n) is 2.38. The van der Waals surface area contributed by atoms with E-state index < -0.39 is 0 Å². The summed E-state index contributed by atoms with van der Waals surface area (Å²) < 4.78 is 0. The minimum absolute atomic E-state index is 0.565. The van der Waals surface area contributed by atoms with Crippen molar-refractivity contribution in [3.63, 3.8) is 0 Å². The molecule has 0 saturated carbocycles. The number of nitrogens with one attached hydrogen (secondary N) is 1. The number of fused-ring (bicyclic) bond motifs is 1. The Morgan fingerprint density at radius 3 is 3.12 bits per heavy atom. The lowest BCUT2D eigenvalue weighted by Crippen LogP contribution is -2.14. The van der Waals surface area contributed by atoms with Crippen LogP contribution < -0.4 is 5.48 Å². The van der Waals surface area contributed by atoms with Crippen LogP contribution in [-0.2, 0) is 4.84 Å². The van der Waals surface area contributed by atoms with E-state index in [2.05, 4.69) is 29.8 Å². The minimum atomic E-state index is 0.565. The molecule has 86 valence electrons. The van der Waals surface area contributed by atoms with Gasteiger partial charge in [0.05, 0.1) is 12.7 Å². The molecule has 0 spiro atoms. The van der Waals surface area contributed by atoms with Crippen molar-refractivity contribution in [2.45, 2.75) is 32.1 Å². The second kappa shape index (κ2) is 5.72. The highest BCUT2D eigenvalue weighted by Gasteiger charge is 2.27. The van der Waals surface area contributed by atoms with Crippen LogP contribution in [0.5, 0.6) is 0 Å². The lowest BCUT2D eigenvalue weighted by atomic mass is 9.86. The summed E-state index contributed by atoms with van der Waals surface area (Å²) in [5.74, 6) is 1.48. The summed E-state index contributed by atoms with van der Waals surface area (Å²) in [6.07, 6.45) is 11.7. The summed E-state index contributed by atoms with van der Waals surface area (Å²) >= 11 is 0. The van der Waals surface area contributed by atoms with Crippen molar-refractivity contribution in [2.75, 3.05) is 6.61 Å². The average Bonchev–Trinajstić information content (AvgIpc) is 2.71. The molecule has 0 saturated heterocycles. The molecule has 0 aromatic rings. The van der Waals surface area contributed by atoms with Gasteiger partial charge in [-0.1, -0.05) is 18.2 Å². The SMILES string of the molecule is N#CCCCONC1=C[C@@H]2CC=CC[C@@H]2C1. The summed E-state index contributed by atoms with van der Waals surface area (Å²) in [7, 11) is 0. The Labute approximate surface area is 96.7 Å². The van der Waals surface area contributed by atoms with E-state index in [4.69, 9.17) is 10.1 Å². The Balaban J connectivity index is 1.66. The molecule has 1 N–H and O–H groups in total. The standard InChI is InChI=1S/C13H18N2O/c14-7-3-4-8-16-15-13-9-11-5-1-2-6-12(11)10-13/h1-2,9,11-12,15H,3-6,8,10H2/t11-,12+/m0/s1. The Hall–Kier alpha value is -1.27. The van der Waals surface area contributed by atoms with Gasteiger partial charge in [-0.3, -0.25) is 10.3 Å². The molecule has 0 unspecified atom stereocenters. The summed E-state index contributed by atoms with van der Waals surface area (Å²) in [5, 5.41) is 8.37. The molecule has 2 aliphatic rings. The first-order valence-corrected chi connectivity index (χ1v) is 6.00. The summed E-state index contributed by atoms with van der Waals surface area (Å²) in [6.45, 7) is 0.610. The van der Waals surface area contributed by atoms with Crippen molar-refractivity contribution >= 4 is 0 Å². The van der Waals surface area contributed by atoms with E-state index in [9.17, 15) is 0 Å². The number of rotatable bonds is 5. The number of hydroxylamine groups is 1. The van der Waals surface area contributed by atoms with Gasteiger partial charge in [0.25, 0.3) is 0 Å². The van der Waals surface area contributed by atoms with Crippen LogP contribution in [0.2, 0.25) is 0 Å². The van der Waals surface area contributed by atoms with Gasteiger partial charge >= 0.3 is 0 Å². The molecule has 16 heavy (non-hydrogen) atoms. The molecule has 2 atom stereocenters. The Kier molecular flexibility index (Phi) is 4.01. The molecular weight excluding hydrogens is 200 g/mol. The van der Waals surface area contributed by atoms with Crippen LogP contribution in [0.3, 0.4) is 0 Å². The van der Waals surface area contributed by atoms with Gasteiger partial charge in [0.1, 0.15) is 0 Å². The number of unbranched alkanes of at least 4 members (excludes halogenated alkanes) is 1. The molecule has 3 nitrogen and oxygen atoms in total. The molecular formula is C13H18N2O. The molecule has 0 amide bonds. The summed E-state index contributed by atoms with van der Waals surface area (Å²) in [5.41, 5.74) is 4.24. The third-order valence-corrected chi connectivity index (χ3v) is 3.25. The third-order valence-electron chi connectivity index (χ3n) is 3.25. The fraction of sp³-hybridized carbons (Fsp3) is 0.615. The van der Waals surface area contributed by atoms with Gasteiger partial charge in [-0.05, 0) is 37.5 Å². The molecule has 2 rings (SSSR count). The highest BCUT2D eigenvalue weighted by Crippen LogP contribution is 2.37. The van der Waals surface area contributed by atoms with Crippen molar-refractivity contribution in [3.8, 4) is 6.07 Å². The van der Waals surface area contributed by atoms with Gasteiger partial charge in [-0.2, -0.15) is 5.26 Å².